The van der Waals surface area contributed by atoms with Crippen LogP contribution in [0.1, 0.15) is 32.1 Å². The predicted octanol–water partition coefficient (Wildman–Crippen LogP) is 4.56. The van der Waals surface area contributed by atoms with E-state index < -0.39 is 0 Å². The molecule has 1 atom stereocenters. The van der Waals surface area contributed by atoms with Crippen LogP contribution in [-0.4, -0.2) is 21.6 Å². The van der Waals surface area contributed by atoms with Gasteiger partial charge in [0.05, 0.1) is 17.1 Å². The number of aromatic amines is 1. The molecule has 1 aromatic heterocycles. The number of hydrogen-bond acceptors (Lipinski definition) is 3. The Labute approximate surface area is 152 Å². The Balaban J connectivity index is 1.60. The number of carbonyl (C=O) groups excluding carboxylic acids is 1. The standard InChI is InChI=1S/C20H23N3OS/c1-14(2)19(20-21-16-10-6-7-11-17(16)22-20)23-18(24)12-13-25-15-8-4-3-5-9-15/h3-11,14,19H,12-13H2,1-2H3,(H,21,22)(H,23,24). The summed E-state index contributed by atoms with van der Waals surface area (Å²) in [5.41, 5.74) is 1.93. The summed E-state index contributed by atoms with van der Waals surface area (Å²) in [6.07, 6.45) is 0.489. The molecule has 3 aromatic rings. The van der Waals surface area contributed by atoms with Crippen LogP contribution in [0.15, 0.2) is 59.5 Å². The number of benzene rings is 2. The molecule has 1 amide bonds. The van der Waals surface area contributed by atoms with Gasteiger partial charge < -0.3 is 10.3 Å². The lowest BCUT2D eigenvalue weighted by Gasteiger charge is -2.20. The summed E-state index contributed by atoms with van der Waals surface area (Å²) >= 11 is 1.70. The number of rotatable bonds is 7. The third-order valence-corrected chi connectivity index (χ3v) is 5.04. The molecule has 2 aromatic carbocycles. The second-order valence-corrected chi connectivity index (χ2v) is 7.51. The van der Waals surface area contributed by atoms with Crippen molar-refractivity contribution in [1.29, 1.82) is 0 Å². The first kappa shape index (κ1) is 17.5. The summed E-state index contributed by atoms with van der Waals surface area (Å²) in [7, 11) is 0. The molecule has 0 bridgehead atoms. The zero-order valence-corrected chi connectivity index (χ0v) is 15.3. The Morgan fingerprint density at radius 2 is 1.84 bits per heavy atom. The number of hydrogen-bond donors (Lipinski definition) is 2. The van der Waals surface area contributed by atoms with Crippen LogP contribution in [0.2, 0.25) is 0 Å². The van der Waals surface area contributed by atoms with E-state index in [1.54, 1.807) is 11.8 Å². The minimum atomic E-state index is -0.110. The third-order valence-electron chi connectivity index (χ3n) is 4.03. The molecular formula is C20H23N3OS. The highest BCUT2D eigenvalue weighted by atomic mass is 32.2. The van der Waals surface area contributed by atoms with E-state index in [9.17, 15) is 4.79 Å². The van der Waals surface area contributed by atoms with Gasteiger partial charge in [-0.2, -0.15) is 0 Å². The van der Waals surface area contributed by atoms with Crippen molar-refractivity contribution >= 4 is 28.7 Å². The zero-order valence-electron chi connectivity index (χ0n) is 14.5. The van der Waals surface area contributed by atoms with Crippen molar-refractivity contribution in [3.63, 3.8) is 0 Å². The second kappa shape index (κ2) is 8.21. The first-order chi connectivity index (χ1) is 12.1. The molecule has 0 aliphatic rings. The molecule has 5 heteroatoms. The van der Waals surface area contributed by atoms with Gasteiger partial charge in [0.2, 0.25) is 5.91 Å². The maximum atomic E-state index is 12.4. The van der Waals surface area contributed by atoms with E-state index in [4.69, 9.17) is 0 Å². The average molecular weight is 353 g/mol. The third kappa shape index (κ3) is 4.63. The average Bonchev–Trinajstić information content (AvgIpc) is 3.04. The monoisotopic (exact) mass is 353 g/mol. The van der Waals surface area contributed by atoms with Crippen LogP contribution in [0.3, 0.4) is 0 Å². The van der Waals surface area contributed by atoms with E-state index >= 15 is 0 Å². The van der Waals surface area contributed by atoms with Crippen molar-refractivity contribution < 1.29 is 4.79 Å². The molecule has 0 aliphatic heterocycles. The largest absolute Gasteiger partial charge is 0.346 e. The summed E-state index contributed by atoms with van der Waals surface area (Å²) in [5, 5.41) is 3.13. The van der Waals surface area contributed by atoms with Crippen LogP contribution in [0.4, 0.5) is 0 Å². The van der Waals surface area contributed by atoms with E-state index in [1.165, 1.54) is 4.90 Å². The highest BCUT2D eigenvalue weighted by Gasteiger charge is 2.21. The van der Waals surface area contributed by atoms with E-state index in [1.807, 2.05) is 42.5 Å². The molecule has 0 fully saturated rings. The lowest BCUT2D eigenvalue weighted by molar-refractivity contribution is -0.121. The second-order valence-electron chi connectivity index (χ2n) is 6.34. The Morgan fingerprint density at radius 3 is 2.56 bits per heavy atom. The number of para-hydroxylation sites is 2. The van der Waals surface area contributed by atoms with Gasteiger partial charge in [0, 0.05) is 17.1 Å². The number of imidazole rings is 1. The summed E-state index contributed by atoms with van der Waals surface area (Å²) in [6, 6.07) is 18.0. The molecule has 0 aliphatic carbocycles. The van der Waals surface area contributed by atoms with Crippen LogP contribution in [0.5, 0.6) is 0 Å². The van der Waals surface area contributed by atoms with E-state index in [0.29, 0.717) is 6.42 Å². The smallest absolute Gasteiger partial charge is 0.221 e. The quantitative estimate of drug-likeness (QED) is 0.612. The van der Waals surface area contributed by atoms with E-state index in [0.717, 1.165) is 22.6 Å². The molecule has 4 nitrogen and oxygen atoms in total. The Hall–Kier alpha value is -2.27. The van der Waals surface area contributed by atoms with Crippen molar-refractivity contribution in [2.24, 2.45) is 5.92 Å². The zero-order chi connectivity index (χ0) is 17.6. The number of carbonyl (C=O) groups is 1. The minimum Gasteiger partial charge on any atom is -0.346 e. The summed E-state index contributed by atoms with van der Waals surface area (Å²) in [4.78, 5) is 21.5. The Morgan fingerprint density at radius 1 is 1.12 bits per heavy atom. The number of thioether (sulfide) groups is 1. The molecule has 3 rings (SSSR count). The van der Waals surface area contributed by atoms with Gasteiger partial charge in [-0.15, -0.1) is 11.8 Å². The molecule has 25 heavy (non-hydrogen) atoms. The molecule has 1 unspecified atom stereocenters. The van der Waals surface area contributed by atoms with Gasteiger partial charge in [0.15, 0.2) is 0 Å². The van der Waals surface area contributed by atoms with Crippen molar-refractivity contribution in [2.45, 2.75) is 31.2 Å². The van der Waals surface area contributed by atoms with Crippen molar-refractivity contribution in [2.75, 3.05) is 5.75 Å². The maximum absolute atomic E-state index is 12.4. The molecule has 1 heterocycles. The fourth-order valence-electron chi connectivity index (χ4n) is 2.69. The summed E-state index contributed by atoms with van der Waals surface area (Å²) in [6.45, 7) is 4.19. The van der Waals surface area contributed by atoms with Gasteiger partial charge in [-0.25, -0.2) is 4.98 Å². The topological polar surface area (TPSA) is 57.8 Å². The Bertz CT molecular complexity index is 796. The van der Waals surface area contributed by atoms with Gasteiger partial charge in [0.25, 0.3) is 0 Å². The van der Waals surface area contributed by atoms with E-state index in [-0.39, 0.29) is 17.9 Å². The van der Waals surface area contributed by atoms with E-state index in [2.05, 4.69) is 41.3 Å². The van der Waals surface area contributed by atoms with Gasteiger partial charge in [-0.05, 0) is 30.2 Å². The van der Waals surface area contributed by atoms with Crippen LogP contribution in [0.25, 0.3) is 11.0 Å². The highest BCUT2D eigenvalue weighted by molar-refractivity contribution is 7.99. The first-order valence-electron chi connectivity index (χ1n) is 8.55. The number of aromatic nitrogens is 2. The number of nitrogens with zero attached hydrogens (tertiary/aromatic N) is 1. The van der Waals surface area contributed by atoms with Gasteiger partial charge >= 0.3 is 0 Å². The van der Waals surface area contributed by atoms with Crippen LogP contribution >= 0.6 is 11.8 Å². The molecular weight excluding hydrogens is 330 g/mol. The normalized spacial score (nSPS) is 12.4. The number of H-pyrrole nitrogens is 1. The maximum Gasteiger partial charge on any atom is 0.221 e. The SMILES string of the molecule is CC(C)C(NC(=O)CCSc1ccccc1)c1nc2ccccc2[nH]1. The van der Waals surface area contributed by atoms with Crippen molar-refractivity contribution in [3.05, 3.63) is 60.4 Å². The minimum absolute atomic E-state index is 0.0580. The highest BCUT2D eigenvalue weighted by Crippen LogP contribution is 2.23. The molecule has 0 radical (unpaired) electrons. The fourth-order valence-corrected chi connectivity index (χ4v) is 3.57. The lowest BCUT2D eigenvalue weighted by atomic mass is 10.0. The molecule has 0 saturated carbocycles. The predicted molar refractivity (Wildman–Crippen MR) is 104 cm³/mol. The van der Waals surface area contributed by atoms with Crippen LogP contribution in [0, 0.1) is 5.92 Å². The van der Waals surface area contributed by atoms with Gasteiger partial charge in [-0.1, -0.05) is 44.2 Å². The molecule has 0 saturated heterocycles. The van der Waals surface area contributed by atoms with Gasteiger partial charge in [0.1, 0.15) is 5.82 Å². The number of fused-ring (bicyclic) bond motifs is 1. The first-order valence-corrected chi connectivity index (χ1v) is 9.54. The Kier molecular flexibility index (Phi) is 5.76. The fraction of sp³-hybridized carbons (Fsp3) is 0.300. The summed E-state index contributed by atoms with van der Waals surface area (Å²) < 4.78 is 0. The summed E-state index contributed by atoms with van der Waals surface area (Å²) in [5.74, 6) is 1.90. The lowest BCUT2D eigenvalue weighted by Crippen LogP contribution is -2.32. The van der Waals surface area contributed by atoms with Crippen LogP contribution < -0.4 is 5.32 Å². The number of nitrogens with one attached hydrogen (secondary N) is 2. The molecule has 0 spiro atoms. The molecule has 130 valence electrons. The molecule has 2 N–H and O–H groups in total. The number of amides is 1. The van der Waals surface area contributed by atoms with Gasteiger partial charge in [-0.3, -0.25) is 4.79 Å². The van der Waals surface area contributed by atoms with Crippen LogP contribution in [-0.2, 0) is 4.79 Å². The van der Waals surface area contributed by atoms with Crippen molar-refractivity contribution in [3.8, 4) is 0 Å². The van der Waals surface area contributed by atoms with Crippen molar-refractivity contribution in [1.82, 2.24) is 15.3 Å².